The molecule has 0 atom stereocenters. The number of aromatic nitrogens is 2. The van der Waals surface area contributed by atoms with Gasteiger partial charge in [0, 0.05) is 30.9 Å². The van der Waals surface area contributed by atoms with Gasteiger partial charge in [-0.3, -0.25) is 9.88 Å². The van der Waals surface area contributed by atoms with Crippen molar-refractivity contribution >= 4 is 22.5 Å². The smallest absolute Gasteiger partial charge is 0.117 e. The zero-order chi connectivity index (χ0) is 17.8. The minimum absolute atomic E-state index is 0.675. The van der Waals surface area contributed by atoms with Crippen LogP contribution in [0, 0.1) is 0 Å². The second-order valence-electron chi connectivity index (χ2n) is 6.20. The van der Waals surface area contributed by atoms with E-state index in [0.29, 0.717) is 18.1 Å². The van der Waals surface area contributed by atoms with Gasteiger partial charge in [0.15, 0.2) is 0 Å². The molecule has 0 aliphatic heterocycles. The van der Waals surface area contributed by atoms with Crippen LogP contribution < -0.4 is 0 Å². The molecule has 1 aromatic carbocycles. The standard InChI is InChI=1S/C21H18ClN3O/c22-20-7-1-5-17-8-9-18(24-21(17)20)14-25(15-19-6-3-11-26-19)13-16-4-2-10-23-12-16/h1-12H,13-15H2. The molecule has 0 N–H and O–H groups in total. The van der Waals surface area contributed by atoms with Crippen LogP contribution in [0.3, 0.4) is 0 Å². The largest absolute Gasteiger partial charge is 0.468 e. The van der Waals surface area contributed by atoms with Crippen molar-refractivity contribution in [3.05, 3.63) is 95.3 Å². The highest BCUT2D eigenvalue weighted by atomic mass is 35.5. The second-order valence-corrected chi connectivity index (χ2v) is 6.61. The number of furan rings is 1. The fourth-order valence-corrected chi connectivity index (χ4v) is 3.23. The van der Waals surface area contributed by atoms with Crippen molar-refractivity contribution in [3.63, 3.8) is 0 Å². The molecule has 4 nitrogen and oxygen atoms in total. The van der Waals surface area contributed by atoms with Gasteiger partial charge in [-0.05, 0) is 35.9 Å². The van der Waals surface area contributed by atoms with Crippen LogP contribution in [0.15, 0.2) is 77.7 Å². The first kappa shape index (κ1) is 16.8. The Labute approximate surface area is 157 Å². The first-order valence-corrected chi connectivity index (χ1v) is 8.83. The molecule has 4 rings (SSSR count). The van der Waals surface area contributed by atoms with E-state index >= 15 is 0 Å². The first-order valence-electron chi connectivity index (χ1n) is 8.46. The third-order valence-electron chi connectivity index (χ3n) is 4.20. The Bertz CT molecular complexity index is 987. The monoisotopic (exact) mass is 363 g/mol. The molecule has 0 bridgehead atoms. The number of nitrogens with zero attached hydrogens (tertiary/aromatic N) is 3. The maximum absolute atomic E-state index is 6.31. The minimum atomic E-state index is 0.675. The van der Waals surface area contributed by atoms with Gasteiger partial charge < -0.3 is 4.42 Å². The molecule has 130 valence electrons. The Hall–Kier alpha value is -2.69. The van der Waals surface area contributed by atoms with Gasteiger partial charge in [-0.15, -0.1) is 0 Å². The fourth-order valence-electron chi connectivity index (χ4n) is 3.01. The lowest BCUT2D eigenvalue weighted by atomic mass is 10.2. The lowest BCUT2D eigenvalue weighted by molar-refractivity contribution is 0.224. The highest BCUT2D eigenvalue weighted by Crippen LogP contribution is 2.22. The Balaban J connectivity index is 1.60. The molecule has 0 radical (unpaired) electrons. The van der Waals surface area contributed by atoms with Gasteiger partial charge in [-0.1, -0.05) is 35.9 Å². The third kappa shape index (κ3) is 3.93. The highest BCUT2D eigenvalue weighted by molar-refractivity contribution is 6.35. The number of pyridine rings is 2. The van der Waals surface area contributed by atoms with Crippen molar-refractivity contribution < 1.29 is 4.42 Å². The Morgan fingerprint density at radius 3 is 2.69 bits per heavy atom. The molecule has 0 aliphatic rings. The van der Waals surface area contributed by atoms with Crippen LogP contribution in [0.1, 0.15) is 17.0 Å². The molecule has 0 aliphatic carbocycles. The van der Waals surface area contributed by atoms with E-state index in [1.807, 2.05) is 42.6 Å². The second kappa shape index (κ2) is 7.68. The van der Waals surface area contributed by atoms with Gasteiger partial charge in [-0.25, -0.2) is 4.98 Å². The van der Waals surface area contributed by atoms with Gasteiger partial charge in [-0.2, -0.15) is 0 Å². The number of para-hydroxylation sites is 1. The molecule has 0 saturated heterocycles. The number of hydrogen-bond donors (Lipinski definition) is 0. The Morgan fingerprint density at radius 1 is 0.923 bits per heavy atom. The molecule has 4 aromatic rings. The predicted molar refractivity (Wildman–Crippen MR) is 103 cm³/mol. The topological polar surface area (TPSA) is 42.2 Å². The summed E-state index contributed by atoms with van der Waals surface area (Å²) >= 11 is 6.31. The molecule has 0 amide bonds. The van der Waals surface area contributed by atoms with Crippen LogP contribution in [0.25, 0.3) is 10.9 Å². The van der Waals surface area contributed by atoms with Gasteiger partial charge in [0.25, 0.3) is 0 Å². The quantitative estimate of drug-likeness (QED) is 0.479. The van der Waals surface area contributed by atoms with E-state index in [-0.39, 0.29) is 0 Å². The summed E-state index contributed by atoms with van der Waals surface area (Å²) in [4.78, 5) is 11.3. The molecule has 5 heteroatoms. The van der Waals surface area contributed by atoms with E-state index in [4.69, 9.17) is 21.0 Å². The lowest BCUT2D eigenvalue weighted by Crippen LogP contribution is -2.22. The van der Waals surface area contributed by atoms with Crippen LogP contribution in [0.5, 0.6) is 0 Å². The molecule has 0 spiro atoms. The summed E-state index contributed by atoms with van der Waals surface area (Å²) in [6, 6.07) is 17.9. The Morgan fingerprint density at radius 2 is 1.88 bits per heavy atom. The van der Waals surface area contributed by atoms with Crippen molar-refractivity contribution in [2.24, 2.45) is 0 Å². The molecule has 26 heavy (non-hydrogen) atoms. The van der Waals surface area contributed by atoms with Crippen molar-refractivity contribution in [1.29, 1.82) is 0 Å². The summed E-state index contributed by atoms with van der Waals surface area (Å²) in [5.41, 5.74) is 2.96. The van der Waals surface area contributed by atoms with E-state index < -0.39 is 0 Å². The molecular weight excluding hydrogens is 346 g/mol. The van der Waals surface area contributed by atoms with Gasteiger partial charge in [0.1, 0.15) is 5.76 Å². The molecular formula is C21H18ClN3O. The summed E-state index contributed by atoms with van der Waals surface area (Å²) in [7, 11) is 0. The normalized spacial score (nSPS) is 11.3. The summed E-state index contributed by atoms with van der Waals surface area (Å²) in [5, 5.41) is 1.72. The van der Waals surface area contributed by atoms with E-state index in [1.54, 1.807) is 12.5 Å². The van der Waals surface area contributed by atoms with Crippen LogP contribution >= 0.6 is 11.6 Å². The van der Waals surface area contributed by atoms with E-state index in [1.165, 1.54) is 0 Å². The minimum Gasteiger partial charge on any atom is -0.468 e. The van der Waals surface area contributed by atoms with E-state index in [9.17, 15) is 0 Å². The molecule has 0 saturated carbocycles. The van der Waals surface area contributed by atoms with E-state index in [0.717, 1.165) is 34.5 Å². The molecule has 3 heterocycles. The summed E-state index contributed by atoms with van der Waals surface area (Å²) in [5.74, 6) is 0.924. The van der Waals surface area contributed by atoms with Gasteiger partial charge in [0.05, 0.1) is 29.0 Å². The van der Waals surface area contributed by atoms with Crippen molar-refractivity contribution in [1.82, 2.24) is 14.9 Å². The summed E-state index contributed by atoms with van der Waals surface area (Å²) in [6.45, 7) is 2.15. The first-order chi connectivity index (χ1) is 12.8. The SMILES string of the molecule is Clc1cccc2ccc(CN(Cc3cccnc3)Cc3ccco3)nc12. The van der Waals surface area contributed by atoms with Gasteiger partial charge >= 0.3 is 0 Å². The van der Waals surface area contributed by atoms with Crippen LogP contribution in [0.2, 0.25) is 5.02 Å². The van der Waals surface area contributed by atoms with Crippen molar-refractivity contribution in [3.8, 4) is 0 Å². The zero-order valence-electron chi connectivity index (χ0n) is 14.2. The average Bonchev–Trinajstić information content (AvgIpc) is 3.16. The zero-order valence-corrected chi connectivity index (χ0v) is 14.9. The van der Waals surface area contributed by atoms with Crippen LogP contribution in [0.4, 0.5) is 0 Å². The summed E-state index contributed by atoms with van der Waals surface area (Å²) in [6.07, 6.45) is 5.37. The third-order valence-corrected chi connectivity index (χ3v) is 4.51. The molecule has 0 unspecified atom stereocenters. The number of halogens is 1. The maximum atomic E-state index is 6.31. The van der Waals surface area contributed by atoms with Crippen molar-refractivity contribution in [2.75, 3.05) is 0 Å². The maximum Gasteiger partial charge on any atom is 0.117 e. The fraction of sp³-hybridized carbons (Fsp3) is 0.143. The highest BCUT2D eigenvalue weighted by Gasteiger charge is 2.12. The van der Waals surface area contributed by atoms with Gasteiger partial charge in [0.2, 0.25) is 0 Å². The van der Waals surface area contributed by atoms with Crippen LogP contribution in [-0.4, -0.2) is 14.9 Å². The summed E-state index contributed by atoms with van der Waals surface area (Å²) < 4.78 is 5.53. The number of hydrogen-bond acceptors (Lipinski definition) is 4. The Kier molecular flexibility index (Phi) is 4.95. The number of rotatable bonds is 6. The predicted octanol–water partition coefficient (Wildman–Crippen LogP) is 5.08. The van der Waals surface area contributed by atoms with Crippen LogP contribution in [-0.2, 0) is 19.6 Å². The average molecular weight is 364 g/mol. The molecule has 0 fully saturated rings. The molecule has 3 aromatic heterocycles. The lowest BCUT2D eigenvalue weighted by Gasteiger charge is -2.21. The van der Waals surface area contributed by atoms with E-state index in [2.05, 4.69) is 28.1 Å². The number of benzene rings is 1. The van der Waals surface area contributed by atoms with Crippen molar-refractivity contribution in [2.45, 2.75) is 19.6 Å². The number of fused-ring (bicyclic) bond motifs is 1.